The smallest absolute Gasteiger partial charge is 0.328 e. The first-order chi connectivity index (χ1) is 15.8. The van der Waals surface area contributed by atoms with Crippen molar-refractivity contribution in [1.82, 2.24) is 15.3 Å². The van der Waals surface area contributed by atoms with Crippen molar-refractivity contribution in [2.24, 2.45) is 0 Å². The third-order valence-corrected chi connectivity index (χ3v) is 6.00. The lowest BCUT2D eigenvalue weighted by atomic mass is 10.0. The van der Waals surface area contributed by atoms with E-state index in [1.54, 1.807) is 14.0 Å². The highest BCUT2D eigenvalue weighted by Gasteiger charge is 2.45. The highest BCUT2D eigenvalue weighted by Crippen LogP contribution is 2.25. The van der Waals surface area contributed by atoms with E-state index in [0.29, 0.717) is 25.8 Å². The van der Waals surface area contributed by atoms with E-state index in [0.717, 1.165) is 16.3 Å². The van der Waals surface area contributed by atoms with Gasteiger partial charge in [-0.2, -0.15) is 0 Å². The Morgan fingerprint density at radius 3 is 2.58 bits per heavy atom. The van der Waals surface area contributed by atoms with Crippen LogP contribution in [0.2, 0.25) is 0 Å². The van der Waals surface area contributed by atoms with Crippen molar-refractivity contribution in [2.75, 3.05) is 20.3 Å². The van der Waals surface area contributed by atoms with Gasteiger partial charge in [0, 0.05) is 13.0 Å². The molecule has 0 radical (unpaired) electrons. The number of carboxylic acids is 1. The summed E-state index contributed by atoms with van der Waals surface area (Å²) >= 11 is 0. The number of esters is 1. The van der Waals surface area contributed by atoms with E-state index in [9.17, 15) is 24.3 Å². The Balaban J connectivity index is 1.76. The lowest BCUT2D eigenvalue weighted by molar-refractivity contribution is -0.181. The van der Waals surface area contributed by atoms with E-state index in [1.807, 2.05) is 24.3 Å². The second kappa shape index (κ2) is 11.1. The Bertz CT molecular complexity index is 873. The minimum absolute atomic E-state index is 0.0836. The van der Waals surface area contributed by atoms with Crippen LogP contribution in [0.25, 0.3) is 0 Å². The maximum absolute atomic E-state index is 13.3. The molecule has 2 aliphatic heterocycles. The van der Waals surface area contributed by atoms with Gasteiger partial charge < -0.3 is 14.6 Å². The molecule has 10 nitrogen and oxygen atoms in total. The maximum atomic E-state index is 13.3. The van der Waals surface area contributed by atoms with Gasteiger partial charge in [0.25, 0.3) is 5.91 Å². The summed E-state index contributed by atoms with van der Waals surface area (Å²) in [5.41, 5.74) is 0.988. The van der Waals surface area contributed by atoms with Gasteiger partial charge in [0.2, 0.25) is 5.91 Å². The number of ether oxygens (including phenoxy) is 2. The minimum atomic E-state index is -1.15. The molecule has 2 saturated heterocycles. The van der Waals surface area contributed by atoms with Crippen LogP contribution >= 0.6 is 0 Å². The molecule has 10 heteroatoms. The van der Waals surface area contributed by atoms with Crippen LogP contribution in [0, 0.1) is 0 Å². The molecule has 2 fully saturated rings. The average Bonchev–Trinajstić information content (AvgIpc) is 2.93. The fraction of sp³-hybridized carbons (Fsp3) is 0.565. The lowest BCUT2D eigenvalue weighted by Crippen LogP contribution is -2.62. The molecule has 2 heterocycles. The molecule has 0 saturated carbocycles. The van der Waals surface area contributed by atoms with Crippen LogP contribution in [0.1, 0.15) is 44.6 Å². The van der Waals surface area contributed by atoms with E-state index < -0.39 is 36.0 Å². The van der Waals surface area contributed by atoms with Crippen molar-refractivity contribution in [3.63, 3.8) is 0 Å². The SMILES string of the molecule is CCOC(=O)C(CCc1ccc(OC)cc1)NC1CCC(=O)N2CCCC(C(=O)O)N2C1=O. The van der Waals surface area contributed by atoms with E-state index in [2.05, 4.69) is 5.32 Å². The van der Waals surface area contributed by atoms with Crippen molar-refractivity contribution in [1.29, 1.82) is 0 Å². The molecule has 0 aliphatic carbocycles. The molecule has 2 aliphatic rings. The van der Waals surface area contributed by atoms with E-state index >= 15 is 0 Å². The number of carboxylic acid groups (broad SMARTS) is 1. The van der Waals surface area contributed by atoms with Crippen LogP contribution in [0.3, 0.4) is 0 Å². The van der Waals surface area contributed by atoms with Gasteiger partial charge in [-0.25, -0.2) is 9.80 Å². The van der Waals surface area contributed by atoms with Crippen LogP contribution in [0.4, 0.5) is 0 Å². The van der Waals surface area contributed by atoms with Gasteiger partial charge in [-0.3, -0.25) is 24.7 Å². The van der Waals surface area contributed by atoms with Gasteiger partial charge in [0.15, 0.2) is 6.04 Å². The fourth-order valence-corrected chi connectivity index (χ4v) is 4.27. The number of nitrogens with one attached hydrogen (secondary N) is 1. The number of aliphatic carboxylic acids is 1. The molecule has 0 bridgehead atoms. The lowest BCUT2D eigenvalue weighted by Gasteiger charge is -2.42. The topological polar surface area (TPSA) is 125 Å². The fourth-order valence-electron chi connectivity index (χ4n) is 4.27. The monoisotopic (exact) mass is 461 g/mol. The Morgan fingerprint density at radius 1 is 1.21 bits per heavy atom. The van der Waals surface area contributed by atoms with E-state index in [4.69, 9.17) is 9.47 Å². The first-order valence-corrected chi connectivity index (χ1v) is 11.3. The Kier molecular flexibility index (Phi) is 8.26. The van der Waals surface area contributed by atoms with Crippen molar-refractivity contribution < 1.29 is 33.8 Å². The van der Waals surface area contributed by atoms with Crippen molar-refractivity contribution in [3.8, 4) is 5.75 Å². The van der Waals surface area contributed by atoms with Gasteiger partial charge in [-0.05, 0) is 56.7 Å². The van der Waals surface area contributed by atoms with Crippen molar-refractivity contribution in [3.05, 3.63) is 29.8 Å². The quantitative estimate of drug-likeness (QED) is 0.525. The number of hydrogen-bond donors (Lipinski definition) is 2. The molecular formula is C23H31N3O7. The molecule has 3 unspecified atom stereocenters. The number of nitrogens with zero attached hydrogens (tertiary/aromatic N) is 2. The van der Waals surface area contributed by atoms with E-state index in [-0.39, 0.29) is 31.8 Å². The largest absolute Gasteiger partial charge is 0.497 e. The molecule has 2 amide bonds. The molecule has 1 aromatic carbocycles. The summed E-state index contributed by atoms with van der Waals surface area (Å²) in [4.78, 5) is 50.4. The Labute approximate surface area is 192 Å². The zero-order valence-electron chi connectivity index (χ0n) is 19.0. The van der Waals surface area contributed by atoms with Crippen LogP contribution in [-0.2, 0) is 30.3 Å². The van der Waals surface area contributed by atoms with Gasteiger partial charge >= 0.3 is 11.9 Å². The van der Waals surface area contributed by atoms with Crippen LogP contribution < -0.4 is 10.1 Å². The summed E-state index contributed by atoms with van der Waals surface area (Å²) < 4.78 is 10.4. The summed E-state index contributed by atoms with van der Waals surface area (Å²) in [6, 6.07) is 4.72. The molecule has 1 aromatic rings. The summed E-state index contributed by atoms with van der Waals surface area (Å²) in [5, 5.41) is 15.0. The molecule has 33 heavy (non-hydrogen) atoms. The third-order valence-electron chi connectivity index (χ3n) is 6.00. The second-order valence-corrected chi connectivity index (χ2v) is 8.15. The highest BCUT2D eigenvalue weighted by atomic mass is 16.5. The normalized spacial score (nSPS) is 21.8. The summed E-state index contributed by atoms with van der Waals surface area (Å²) in [6.45, 7) is 2.20. The third kappa shape index (κ3) is 5.81. The minimum Gasteiger partial charge on any atom is -0.497 e. The number of hydrogen-bond acceptors (Lipinski definition) is 7. The number of fused-ring (bicyclic) bond motifs is 1. The molecular weight excluding hydrogens is 430 g/mol. The number of hydrazine groups is 1. The van der Waals surface area contributed by atoms with Crippen LogP contribution in [0.15, 0.2) is 24.3 Å². The van der Waals surface area contributed by atoms with Crippen LogP contribution in [-0.4, -0.2) is 77.3 Å². The van der Waals surface area contributed by atoms with Gasteiger partial charge in [-0.15, -0.1) is 0 Å². The molecule has 3 atom stereocenters. The summed E-state index contributed by atoms with van der Waals surface area (Å²) in [7, 11) is 1.59. The Hall–Kier alpha value is -3.14. The van der Waals surface area contributed by atoms with Crippen molar-refractivity contribution in [2.45, 2.75) is 63.6 Å². The summed E-state index contributed by atoms with van der Waals surface area (Å²) in [6.07, 6.45) is 1.97. The zero-order chi connectivity index (χ0) is 24.0. The van der Waals surface area contributed by atoms with Gasteiger partial charge in [0.05, 0.1) is 19.8 Å². The number of methoxy groups -OCH3 is 1. The van der Waals surface area contributed by atoms with Crippen LogP contribution in [0.5, 0.6) is 5.75 Å². The predicted molar refractivity (Wildman–Crippen MR) is 117 cm³/mol. The molecule has 3 rings (SSSR count). The predicted octanol–water partition coefficient (Wildman–Crippen LogP) is 1.13. The van der Waals surface area contributed by atoms with E-state index in [1.165, 1.54) is 5.01 Å². The Morgan fingerprint density at radius 2 is 1.94 bits per heavy atom. The first kappa shape index (κ1) is 24.5. The molecule has 180 valence electrons. The number of aryl methyl sites for hydroxylation is 1. The standard InChI is InChI=1S/C23H31N3O7/c1-3-33-23(31)18(11-8-15-6-9-16(32-2)10-7-15)24-17-12-13-20(27)25-14-4-5-19(22(29)30)26(25)21(17)28/h6-7,9-10,17-19,24H,3-5,8,11-14H2,1-2H3,(H,29,30). The average molecular weight is 462 g/mol. The number of amides is 2. The number of benzene rings is 1. The van der Waals surface area contributed by atoms with Gasteiger partial charge in [-0.1, -0.05) is 12.1 Å². The van der Waals surface area contributed by atoms with Crippen molar-refractivity contribution >= 4 is 23.8 Å². The maximum Gasteiger partial charge on any atom is 0.328 e. The highest BCUT2D eigenvalue weighted by molar-refractivity contribution is 5.92. The molecule has 2 N–H and O–H groups in total. The van der Waals surface area contributed by atoms with Gasteiger partial charge in [0.1, 0.15) is 11.8 Å². The zero-order valence-corrected chi connectivity index (χ0v) is 19.0. The summed E-state index contributed by atoms with van der Waals surface area (Å²) in [5.74, 6) is -1.70. The molecule has 0 aromatic heterocycles. The number of carbonyl (C=O) groups excluding carboxylic acids is 3. The first-order valence-electron chi connectivity index (χ1n) is 11.3. The number of rotatable bonds is 9. The molecule has 0 spiro atoms. The second-order valence-electron chi connectivity index (χ2n) is 8.15. The number of carbonyl (C=O) groups is 4.